The second kappa shape index (κ2) is 4.38. The van der Waals surface area contributed by atoms with Gasteiger partial charge < -0.3 is 41.4 Å². The Morgan fingerprint density at radius 2 is 1.60 bits per heavy atom. The number of hydrogen-bond donors (Lipinski definition) is 8. The summed E-state index contributed by atoms with van der Waals surface area (Å²) < 4.78 is 0. The highest BCUT2D eigenvalue weighted by Gasteiger charge is 2.26. The van der Waals surface area contributed by atoms with Gasteiger partial charge in [0.2, 0.25) is 11.5 Å². The number of aromatic nitrogens is 1. The molecule has 0 fully saturated rings. The summed E-state index contributed by atoms with van der Waals surface area (Å²) in [5, 5.41) is 56.5. The van der Waals surface area contributed by atoms with Gasteiger partial charge in [0, 0.05) is 12.0 Å². The topological polar surface area (TPSA) is 180 Å². The fourth-order valence-electron chi connectivity index (χ4n) is 1.93. The lowest BCUT2D eigenvalue weighted by Crippen LogP contribution is -2.32. The van der Waals surface area contributed by atoms with E-state index in [9.17, 15) is 30.3 Å². The third-order valence-electron chi connectivity index (χ3n) is 2.97. The van der Waals surface area contributed by atoms with Crippen LogP contribution >= 0.6 is 0 Å². The molecule has 0 bridgehead atoms. The molecule has 108 valence electrons. The number of nitrogens with one attached hydrogen (secondary N) is 1. The predicted octanol–water partition coefficient (Wildman–Crippen LogP) is -0.350. The lowest BCUT2D eigenvalue weighted by molar-refractivity contribution is -0.138. The zero-order valence-corrected chi connectivity index (χ0v) is 9.95. The van der Waals surface area contributed by atoms with Crippen LogP contribution < -0.4 is 5.73 Å². The van der Waals surface area contributed by atoms with E-state index in [0.29, 0.717) is 0 Å². The van der Waals surface area contributed by atoms with E-state index in [-0.39, 0.29) is 22.9 Å². The minimum atomic E-state index is -1.36. The third-order valence-corrected chi connectivity index (χ3v) is 2.97. The van der Waals surface area contributed by atoms with Crippen molar-refractivity contribution in [1.82, 2.24) is 4.98 Å². The van der Waals surface area contributed by atoms with Crippen molar-refractivity contribution in [1.29, 1.82) is 0 Å². The molecule has 1 atom stereocenters. The number of rotatable bonds is 3. The van der Waals surface area contributed by atoms with E-state index in [0.717, 1.165) is 0 Å². The minimum absolute atomic E-state index is 0.0991. The average Bonchev–Trinajstić information content (AvgIpc) is 2.71. The summed E-state index contributed by atoms with van der Waals surface area (Å²) in [4.78, 5) is 13.0. The normalized spacial score (nSPS) is 12.7. The number of carboxylic acids is 1. The van der Waals surface area contributed by atoms with Gasteiger partial charge in [-0.2, -0.15) is 0 Å². The van der Waals surface area contributed by atoms with Crippen molar-refractivity contribution in [3.05, 3.63) is 5.56 Å². The number of aliphatic carboxylic acids is 1. The Kier molecular flexibility index (Phi) is 2.99. The molecule has 0 aliphatic heterocycles. The molecule has 0 amide bonds. The van der Waals surface area contributed by atoms with Gasteiger partial charge in [0.25, 0.3) is 0 Å². The number of phenols is 4. The molecule has 0 aliphatic carbocycles. The van der Waals surface area contributed by atoms with E-state index in [4.69, 9.17) is 10.8 Å². The van der Waals surface area contributed by atoms with Gasteiger partial charge in [0.1, 0.15) is 6.04 Å². The maximum atomic E-state index is 10.7. The Bertz CT molecular complexity index is 707. The van der Waals surface area contributed by atoms with Crippen LogP contribution in [0.25, 0.3) is 10.9 Å². The molecule has 1 aromatic heterocycles. The fraction of sp³-hybridized carbons (Fsp3) is 0.182. The molecule has 9 nitrogen and oxygen atoms in total. The molecule has 2 rings (SSSR count). The number of aromatic hydroxyl groups is 5. The van der Waals surface area contributed by atoms with Crippen molar-refractivity contribution in [3.8, 4) is 28.9 Å². The molecule has 20 heavy (non-hydrogen) atoms. The van der Waals surface area contributed by atoms with E-state index in [2.05, 4.69) is 4.98 Å². The second-order valence-corrected chi connectivity index (χ2v) is 4.25. The van der Waals surface area contributed by atoms with Crippen LogP contribution in [0, 0.1) is 0 Å². The minimum Gasteiger partial charge on any atom is -0.504 e. The molecule has 0 aliphatic rings. The maximum absolute atomic E-state index is 10.7. The standard InChI is InChI=1S/C11H12N2O7/c12-3(11(19)20)1-2-4-5(13-10(2)18)7(15)9(17)8(16)6(4)14/h3,13-18H,1,12H2,(H,19,20)/t3-/m0/s1. The monoisotopic (exact) mass is 284 g/mol. The van der Waals surface area contributed by atoms with Gasteiger partial charge in [-0.15, -0.1) is 0 Å². The summed E-state index contributed by atoms with van der Waals surface area (Å²) >= 11 is 0. The molecule has 0 unspecified atom stereocenters. The highest BCUT2D eigenvalue weighted by atomic mass is 16.4. The summed E-state index contributed by atoms with van der Waals surface area (Å²) in [7, 11) is 0. The van der Waals surface area contributed by atoms with E-state index in [1.54, 1.807) is 0 Å². The summed E-state index contributed by atoms with van der Waals surface area (Å²) in [5.41, 5.74) is 5.00. The lowest BCUT2D eigenvalue weighted by Gasteiger charge is -2.08. The van der Waals surface area contributed by atoms with Crippen LogP contribution in [-0.2, 0) is 11.2 Å². The average molecular weight is 284 g/mol. The first-order valence-corrected chi connectivity index (χ1v) is 5.43. The van der Waals surface area contributed by atoms with Crippen LogP contribution in [-0.4, -0.2) is 47.6 Å². The Balaban J connectivity index is 2.73. The number of aromatic amines is 1. The van der Waals surface area contributed by atoms with E-state index >= 15 is 0 Å². The predicted molar refractivity (Wildman–Crippen MR) is 65.9 cm³/mol. The molecular formula is C11H12N2O7. The van der Waals surface area contributed by atoms with Crippen molar-refractivity contribution in [2.75, 3.05) is 0 Å². The SMILES string of the molecule is N[C@@H](Cc1c(O)[nH]c2c(O)c(O)c(O)c(O)c12)C(=O)O. The van der Waals surface area contributed by atoms with Gasteiger partial charge in [-0.25, -0.2) is 0 Å². The van der Waals surface area contributed by atoms with Crippen molar-refractivity contribution in [3.63, 3.8) is 0 Å². The van der Waals surface area contributed by atoms with Crippen LogP contribution in [0.15, 0.2) is 0 Å². The van der Waals surface area contributed by atoms with Crippen molar-refractivity contribution < 1.29 is 35.4 Å². The first-order chi connectivity index (χ1) is 9.25. The number of H-pyrrole nitrogens is 1. The van der Waals surface area contributed by atoms with Gasteiger partial charge in [0.15, 0.2) is 17.4 Å². The van der Waals surface area contributed by atoms with Crippen molar-refractivity contribution in [2.24, 2.45) is 5.73 Å². The molecule has 2 aromatic rings. The van der Waals surface area contributed by atoms with Crippen molar-refractivity contribution in [2.45, 2.75) is 12.5 Å². The van der Waals surface area contributed by atoms with Crippen LogP contribution in [0.3, 0.4) is 0 Å². The lowest BCUT2D eigenvalue weighted by atomic mass is 10.0. The zero-order chi connectivity index (χ0) is 15.2. The highest BCUT2D eigenvalue weighted by Crippen LogP contribution is 2.51. The second-order valence-electron chi connectivity index (χ2n) is 4.25. The quantitative estimate of drug-likeness (QED) is 0.278. The van der Waals surface area contributed by atoms with Crippen LogP contribution in [0.5, 0.6) is 28.9 Å². The molecule has 9 heteroatoms. The first kappa shape index (κ1) is 13.6. The van der Waals surface area contributed by atoms with Crippen LogP contribution in [0.2, 0.25) is 0 Å². The Morgan fingerprint density at radius 3 is 2.15 bits per heavy atom. The van der Waals surface area contributed by atoms with E-state index in [1.165, 1.54) is 0 Å². The number of carbonyl (C=O) groups is 1. The fourth-order valence-corrected chi connectivity index (χ4v) is 1.93. The molecule has 0 spiro atoms. The van der Waals surface area contributed by atoms with Crippen LogP contribution in [0.4, 0.5) is 0 Å². The zero-order valence-electron chi connectivity index (χ0n) is 9.95. The van der Waals surface area contributed by atoms with Gasteiger partial charge >= 0.3 is 5.97 Å². The molecular weight excluding hydrogens is 272 g/mol. The Morgan fingerprint density at radius 1 is 1.05 bits per heavy atom. The molecule has 0 saturated heterocycles. The maximum Gasteiger partial charge on any atom is 0.320 e. The summed E-state index contributed by atoms with van der Waals surface area (Å²) in [6, 6.07) is -1.36. The van der Waals surface area contributed by atoms with Gasteiger partial charge in [-0.1, -0.05) is 0 Å². The van der Waals surface area contributed by atoms with Crippen molar-refractivity contribution >= 4 is 16.9 Å². The molecule has 1 aromatic carbocycles. The summed E-state index contributed by atoms with van der Waals surface area (Å²) in [6.45, 7) is 0. The van der Waals surface area contributed by atoms with Gasteiger partial charge in [-0.3, -0.25) is 4.79 Å². The first-order valence-electron chi connectivity index (χ1n) is 5.43. The largest absolute Gasteiger partial charge is 0.504 e. The smallest absolute Gasteiger partial charge is 0.320 e. The Hall–Kier alpha value is -2.81. The Labute approximate surface area is 111 Å². The van der Waals surface area contributed by atoms with E-state index in [1.807, 2.05) is 0 Å². The third kappa shape index (κ3) is 1.80. The molecule has 0 radical (unpaired) electrons. The summed E-state index contributed by atoms with van der Waals surface area (Å²) in [6.07, 6.45) is -0.363. The molecule has 0 saturated carbocycles. The number of benzene rings is 1. The number of phenolic OH excluding ortho intramolecular Hbond substituents is 4. The molecule has 1 heterocycles. The summed E-state index contributed by atoms with van der Waals surface area (Å²) in [5.74, 6) is -5.41. The number of fused-ring (bicyclic) bond motifs is 1. The highest BCUT2D eigenvalue weighted by molar-refractivity contribution is 6.00. The van der Waals surface area contributed by atoms with E-state index < -0.39 is 40.9 Å². The van der Waals surface area contributed by atoms with Crippen LogP contribution in [0.1, 0.15) is 5.56 Å². The van der Waals surface area contributed by atoms with Gasteiger partial charge in [0.05, 0.1) is 10.9 Å². The van der Waals surface area contributed by atoms with Gasteiger partial charge in [-0.05, 0) is 0 Å². The number of hydrogen-bond acceptors (Lipinski definition) is 7. The number of carboxylic acid groups (broad SMARTS) is 1. The molecule has 9 N–H and O–H groups in total. The number of nitrogens with two attached hydrogens (primary N) is 1.